The van der Waals surface area contributed by atoms with Crippen molar-refractivity contribution in [2.24, 2.45) is 0 Å². The lowest BCUT2D eigenvalue weighted by molar-refractivity contribution is 1.13. The van der Waals surface area contributed by atoms with Crippen LogP contribution in [0, 0.1) is 6.92 Å². The second-order valence-corrected chi connectivity index (χ2v) is 6.65. The van der Waals surface area contributed by atoms with Crippen molar-refractivity contribution in [3.63, 3.8) is 0 Å². The Bertz CT molecular complexity index is 507. The molecular formula is C12H9Br2ClS. The predicted molar refractivity (Wildman–Crippen MR) is 78.6 cm³/mol. The lowest BCUT2D eigenvalue weighted by atomic mass is 10.0. The van der Waals surface area contributed by atoms with Gasteiger partial charge in [-0.05, 0) is 57.6 Å². The number of thiophene rings is 1. The summed E-state index contributed by atoms with van der Waals surface area (Å²) in [5.41, 5.74) is 2.36. The third kappa shape index (κ3) is 2.53. The topological polar surface area (TPSA) is 0 Å². The van der Waals surface area contributed by atoms with Crippen LogP contribution in [0.15, 0.2) is 38.6 Å². The van der Waals surface area contributed by atoms with E-state index in [2.05, 4.69) is 50.9 Å². The third-order valence-corrected chi connectivity index (χ3v) is 5.39. The van der Waals surface area contributed by atoms with Crippen LogP contribution in [0.25, 0.3) is 0 Å². The van der Waals surface area contributed by atoms with Crippen LogP contribution in [0.5, 0.6) is 0 Å². The maximum Gasteiger partial charge on any atom is 0.0941 e. The van der Waals surface area contributed by atoms with Crippen LogP contribution in [-0.2, 0) is 0 Å². The Labute approximate surface area is 121 Å². The second-order valence-electron chi connectivity index (χ2n) is 3.50. The van der Waals surface area contributed by atoms with E-state index >= 15 is 0 Å². The van der Waals surface area contributed by atoms with Gasteiger partial charge in [0, 0.05) is 13.8 Å². The Balaban J connectivity index is 2.41. The lowest BCUT2D eigenvalue weighted by Crippen LogP contribution is -1.94. The van der Waals surface area contributed by atoms with E-state index in [1.54, 1.807) is 11.3 Å². The van der Waals surface area contributed by atoms with E-state index in [1.807, 2.05) is 17.5 Å². The van der Waals surface area contributed by atoms with Gasteiger partial charge in [-0.3, -0.25) is 0 Å². The molecule has 16 heavy (non-hydrogen) atoms. The number of alkyl halides is 1. The Morgan fingerprint density at radius 2 is 2.00 bits per heavy atom. The largest absolute Gasteiger partial charge is 0.146 e. The van der Waals surface area contributed by atoms with Gasteiger partial charge in [-0.15, -0.1) is 22.9 Å². The molecule has 0 saturated carbocycles. The second kappa shape index (κ2) is 5.21. The first-order valence-electron chi connectivity index (χ1n) is 4.72. The summed E-state index contributed by atoms with van der Waals surface area (Å²) in [6, 6.07) is 8.22. The van der Waals surface area contributed by atoms with Crippen molar-refractivity contribution in [3.05, 3.63) is 54.6 Å². The van der Waals surface area contributed by atoms with Crippen LogP contribution in [0.3, 0.4) is 0 Å². The van der Waals surface area contributed by atoms with Crippen molar-refractivity contribution in [3.8, 4) is 0 Å². The van der Waals surface area contributed by atoms with Gasteiger partial charge in [-0.1, -0.05) is 22.0 Å². The molecular weight excluding hydrogens is 371 g/mol. The Morgan fingerprint density at radius 3 is 2.56 bits per heavy atom. The summed E-state index contributed by atoms with van der Waals surface area (Å²) in [6.45, 7) is 2.08. The van der Waals surface area contributed by atoms with Crippen LogP contribution >= 0.6 is 54.8 Å². The summed E-state index contributed by atoms with van der Waals surface area (Å²) in [6.07, 6.45) is 0. The zero-order valence-electron chi connectivity index (χ0n) is 8.51. The van der Waals surface area contributed by atoms with E-state index in [-0.39, 0.29) is 5.38 Å². The number of aryl methyl sites for hydroxylation is 1. The molecule has 0 amide bonds. The molecule has 4 heteroatoms. The first-order chi connectivity index (χ1) is 7.59. The van der Waals surface area contributed by atoms with Crippen LogP contribution < -0.4 is 0 Å². The van der Waals surface area contributed by atoms with Crippen molar-refractivity contribution < 1.29 is 0 Å². The molecule has 84 valence electrons. The zero-order chi connectivity index (χ0) is 11.7. The molecule has 0 aliphatic carbocycles. The smallest absolute Gasteiger partial charge is 0.0941 e. The molecule has 1 unspecified atom stereocenters. The molecule has 0 nitrogen and oxygen atoms in total. The number of rotatable bonds is 2. The third-order valence-electron chi connectivity index (χ3n) is 2.38. The summed E-state index contributed by atoms with van der Waals surface area (Å²) in [4.78, 5) is 1.16. The average molecular weight is 381 g/mol. The molecule has 1 aromatic carbocycles. The van der Waals surface area contributed by atoms with Crippen LogP contribution in [0.4, 0.5) is 0 Å². The molecule has 1 aromatic heterocycles. The van der Waals surface area contributed by atoms with E-state index < -0.39 is 0 Å². The number of hydrogen-bond donors (Lipinski definition) is 0. The minimum absolute atomic E-state index is 0.0810. The summed E-state index contributed by atoms with van der Waals surface area (Å²) < 4.78 is 2.17. The zero-order valence-corrected chi connectivity index (χ0v) is 13.3. The first-order valence-corrected chi connectivity index (χ1v) is 7.63. The van der Waals surface area contributed by atoms with Gasteiger partial charge < -0.3 is 0 Å². The molecule has 2 rings (SSSR count). The van der Waals surface area contributed by atoms with Gasteiger partial charge in [-0.25, -0.2) is 0 Å². The SMILES string of the molecule is Cc1cc(Br)ccc1C(Cl)c1sccc1Br. The van der Waals surface area contributed by atoms with Crippen molar-refractivity contribution in [2.45, 2.75) is 12.3 Å². The summed E-state index contributed by atoms with van der Waals surface area (Å²) in [5, 5.41) is 1.96. The van der Waals surface area contributed by atoms with Gasteiger partial charge >= 0.3 is 0 Å². The fourth-order valence-corrected chi connectivity index (χ4v) is 4.27. The van der Waals surface area contributed by atoms with Crippen molar-refractivity contribution in [1.29, 1.82) is 0 Å². The van der Waals surface area contributed by atoms with Gasteiger partial charge in [0.05, 0.1) is 5.38 Å². The normalized spacial score (nSPS) is 12.8. The number of halogens is 3. The highest BCUT2D eigenvalue weighted by Gasteiger charge is 2.17. The van der Waals surface area contributed by atoms with Crippen molar-refractivity contribution in [1.82, 2.24) is 0 Å². The van der Waals surface area contributed by atoms with Gasteiger partial charge in [0.1, 0.15) is 0 Å². The molecule has 0 aliphatic rings. The Kier molecular flexibility index (Phi) is 4.11. The van der Waals surface area contributed by atoms with E-state index in [0.717, 1.165) is 19.4 Å². The quantitative estimate of drug-likeness (QED) is 0.568. The standard InChI is InChI=1S/C12H9Br2ClS/c1-7-6-8(13)2-3-9(7)11(15)12-10(14)4-5-16-12/h2-6,11H,1H3. The molecule has 0 bridgehead atoms. The maximum atomic E-state index is 6.50. The predicted octanol–water partition coefficient (Wildman–Crippen LogP) is 5.91. The van der Waals surface area contributed by atoms with Crippen LogP contribution in [0.2, 0.25) is 0 Å². The van der Waals surface area contributed by atoms with Crippen molar-refractivity contribution in [2.75, 3.05) is 0 Å². The maximum absolute atomic E-state index is 6.50. The van der Waals surface area contributed by atoms with Crippen molar-refractivity contribution >= 4 is 54.8 Å². The number of benzene rings is 1. The van der Waals surface area contributed by atoms with E-state index in [4.69, 9.17) is 11.6 Å². The molecule has 0 saturated heterocycles. The summed E-state index contributed by atoms with van der Waals surface area (Å²) >= 11 is 15.2. The van der Waals surface area contributed by atoms with Gasteiger partial charge in [0.25, 0.3) is 0 Å². The molecule has 0 fully saturated rings. The first kappa shape index (κ1) is 12.6. The highest BCUT2D eigenvalue weighted by Crippen LogP contribution is 2.39. The van der Waals surface area contributed by atoms with E-state index in [0.29, 0.717) is 0 Å². The van der Waals surface area contributed by atoms with Gasteiger partial charge in [0.2, 0.25) is 0 Å². The van der Waals surface area contributed by atoms with E-state index in [9.17, 15) is 0 Å². The summed E-state index contributed by atoms with van der Waals surface area (Å²) in [5.74, 6) is 0. The minimum atomic E-state index is -0.0810. The monoisotopic (exact) mass is 378 g/mol. The molecule has 0 aliphatic heterocycles. The molecule has 0 radical (unpaired) electrons. The summed E-state index contributed by atoms with van der Waals surface area (Å²) in [7, 11) is 0. The lowest BCUT2D eigenvalue weighted by Gasteiger charge is -2.12. The van der Waals surface area contributed by atoms with Gasteiger partial charge in [-0.2, -0.15) is 0 Å². The van der Waals surface area contributed by atoms with Crippen LogP contribution in [-0.4, -0.2) is 0 Å². The Morgan fingerprint density at radius 1 is 1.25 bits per heavy atom. The molecule has 1 heterocycles. The molecule has 2 aromatic rings. The average Bonchev–Trinajstić information content (AvgIpc) is 2.63. The van der Waals surface area contributed by atoms with Gasteiger partial charge in [0.15, 0.2) is 0 Å². The van der Waals surface area contributed by atoms with E-state index in [1.165, 1.54) is 5.56 Å². The fourth-order valence-electron chi connectivity index (χ4n) is 1.55. The fraction of sp³-hybridized carbons (Fsp3) is 0.167. The number of hydrogen-bond acceptors (Lipinski definition) is 1. The minimum Gasteiger partial charge on any atom is -0.146 e. The highest BCUT2D eigenvalue weighted by molar-refractivity contribution is 9.10. The Hall–Kier alpha value is 0.170. The molecule has 0 spiro atoms. The molecule has 0 N–H and O–H groups in total. The van der Waals surface area contributed by atoms with Crippen LogP contribution in [0.1, 0.15) is 21.4 Å². The highest BCUT2D eigenvalue weighted by atomic mass is 79.9. The molecule has 1 atom stereocenters.